The van der Waals surface area contributed by atoms with Gasteiger partial charge in [-0.05, 0) is 18.9 Å². The maximum absolute atomic E-state index is 13.1. The Morgan fingerprint density at radius 1 is 1.47 bits per heavy atom. The van der Waals surface area contributed by atoms with Gasteiger partial charge in [0.1, 0.15) is 10.8 Å². The number of nitrogens with two attached hydrogens (primary N) is 1. The molecule has 15 heavy (non-hydrogen) atoms. The van der Waals surface area contributed by atoms with Gasteiger partial charge in [-0.3, -0.25) is 0 Å². The van der Waals surface area contributed by atoms with E-state index in [4.69, 9.17) is 17.3 Å². The number of aromatic hydroxyl groups is 1. The first kappa shape index (κ1) is 10.6. The molecular formula is C10H10ClF2NO. The second-order valence-corrected chi connectivity index (χ2v) is 4.24. The van der Waals surface area contributed by atoms with Crippen LogP contribution in [0.3, 0.4) is 0 Å². The molecule has 3 N–H and O–H groups in total. The van der Waals surface area contributed by atoms with Crippen LogP contribution in [-0.2, 0) is 5.41 Å². The van der Waals surface area contributed by atoms with E-state index in [1.54, 1.807) is 0 Å². The lowest BCUT2D eigenvalue weighted by atomic mass is 9.95. The minimum Gasteiger partial charge on any atom is -0.506 e. The van der Waals surface area contributed by atoms with Gasteiger partial charge in [-0.15, -0.1) is 0 Å². The van der Waals surface area contributed by atoms with Crippen molar-refractivity contribution in [3.63, 3.8) is 0 Å². The van der Waals surface area contributed by atoms with Crippen LogP contribution in [-0.4, -0.2) is 11.7 Å². The Kier molecular flexibility index (Phi) is 2.35. The Hall–Kier alpha value is -0.870. The van der Waals surface area contributed by atoms with Gasteiger partial charge in [0.25, 0.3) is 0 Å². The number of phenols is 1. The summed E-state index contributed by atoms with van der Waals surface area (Å²) in [6.07, 6.45) is 1.52. The molecule has 0 aromatic heterocycles. The first-order valence-corrected chi connectivity index (χ1v) is 4.96. The molecule has 1 saturated carbocycles. The normalized spacial score (nSPS) is 17.9. The third-order valence-electron chi connectivity index (χ3n) is 2.95. The van der Waals surface area contributed by atoms with Gasteiger partial charge in [-0.25, -0.2) is 8.78 Å². The third-order valence-corrected chi connectivity index (χ3v) is 3.30. The van der Waals surface area contributed by atoms with Crippen molar-refractivity contribution in [2.45, 2.75) is 18.3 Å². The van der Waals surface area contributed by atoms with Crippen LogP contribution < -0.4 is 5.73 Å². The van der Waals surface area contributed by atoms with Crippen molar-refractivity contribution >= 4 is 11.6 Å². The molecule has 1 fully saturated rings. The summed E-state index contributed by atoms with van der Waals surface area (Å²) in [7, 11) is 0. The van der Waals surface area contributed by atoms with Gasteiger partial charge in [0.2, 0.25) is 0 Å². The molecule has 0 bridgehead atoms. The molecule has 0 heterocycles. The lowest BCUT2D eigenvalue weighted by Gasteiger charge is -2.16. The fourth-order valence-electron chi connectivity index (χ4n) is 1.72. The van der Waals surface area contributed by atoms with E-state index in [2.05, 4.69) is 0 Å². The molecule has 0 saturated heterocycles. The Bertz CT molecular complexity index is 418. The molecular weight excluding hydrogens is 224 g/mol. The smallest absolute Gasteiger partial charge is 0.181 e. The van der Waals surface area contributed by atoms with E-state index in [-0.39, 0.29) is 0 Å². The zero-order valence-corrected chi connectivity index (χ0v) is 8.61. The van der Waals surface area contributed by atoms with Crippen molar-refractivity contribution < 1.29 is 13.9 Å². The predicted octanol–water partition coefficient (Wildman–Crippen LogP) is 2.31. The molecule has 1 aromatic rings. The Morgan fingerprint density at radius 3 is 2.53 bits per heavy atom. The van der Waals surface area contributed by atoms with Gasteiger partial charge in [0.15, 0.2) is 11.6 Å². The van der Waals surface area contributed by atoms with Crippen LogP contribution in [0.15, 0.2) is 6.07 Å². The van der Waals surface area contributed by atoms with Crippen LogP contribution in [0.25, 0.3) is 0 Å². The molecule has 0 atom stereocenters. The lowest BCUT2D eigenvalue weighted by Crippen LogP contribution is -2.20. The first-order valence-electron chi connectivity index (χ1n) is 4.59. The second kappa shape index (κ2) is 3.32. The highest BCUT2D eigenvalue weighted by Gasteiger charge is 2.45. The zero-order valence-electron chi connectivity index (χ0n) is 7.86. The molecule has 2 rings (SSSR count). The van der Waals surface area contributed by atoms with E-state index in [1.165, 1.54) is 0 Å². The molecule has 1 aromatic carbocycles. The summed E-state index contributed by atoms with van der Waals surface area (Å²) in [5.41, 5.74) is 5.44. The molecule has 0 spiro atoms. The highest BCUT2D eigenvalue weighted by atomic mass is 35.5. The summed E-state index contributed by atoms with van der Waals surface area (Å²) in [5.74, 6) is -2.66. The summed E-state index contributed by atoms with van der Waals surface area (Å²) >= 11 is 5.47. The number of halogens is 3. The van der Waals surface area contributed by atoms with E-state index in [1.807, 2.05) is 0 Å². The van der Waals surface area contributed by atoms with E-state index in [9.17, 15) is 13.9 Å². The fourth-order valence-corrected chi connectivity index (χ4v) is 1.92. The van der Waals surface area contributed by atoms with Gasteiger partial charge >= 0.3 is 0 Å². The molecule has 0 radical (unpaired) electrons. The second-order valence-electron chi connectivity index (χ2n) is 3.87. The summed E-state index contributed by atoms with van der Waals surface area (Å²) in [6.45, 7) is 0.294. The monoisotopic (exact) mass is 233 g/mol. The molecule has 0 unspecified atom stereocenters. The van der Waals surface area contributed by atoms with E-state index < -0.39 is 27.8 Å². The third kappa shape index (κ3) is 1.48. The minimum absolute atomic E-state index is 0.294. The Balaban J connectivity index is 2.58. The van der Waals surface area contributed by atoms with Crippen LogP contribution in [0, 0.1) is 11.6 Å². The Labute approximate surface area is 90.7 Å². The first-order chi connectivity index (χ1) is 7.02. The van der Waals surface area contributed by atoms with Crippen molar-refractivity contribution in [3.05, 3.63) is 28.3 Å². The molecule has 0 aliphatic heterocycles. The molecule has 1 aliphatic rings. The molecule has 2 nitrogen and oxygen atoms in total. The highest BCUT2D eigenvalue weighted by molar-refractivity contribution is 6.32. The van der Waals surface area contributed by atoms with Crippen molar-refractivity contribution in [1.29, 1.82) is 0 Å². The van der Waals surface area contributed by atoms with Gasteiger partial charge in [0, 0.05) is 17.5 Å². The van der Waals surface area contributed by atoms with E-state index in [0.29, 0.717) is 12.1 Å². The Morgan fingerprint density at radius 2 is 2.07 bits per heavy atom. The standard InChI is InChI=1S/C10H10ClF2NO/c11-7-8(13)6(12)3-5(9(7)15)10(4-14)1-2-10/h3,15H,1-2,4,14H2. The number of hydrogen-bond acceptors (Lipinski definition) is 2. The number of rotatable bonds is 2. The van der Waals surface area contributed by atoms with Gasteiger partial charge in [-0.2, -0.15) is 0 Å². The molecule has 5 heteroatoms. The molecule has 82 valence electrons. The minimum atomic E-state index is -1.22. The van der Waals surface area contributed by atoms with Crippen molar-refractivity contribution in [3.8, 4) is 5.75 Å². The molecule has 1 aliphatic carbocycles. The van der Waals surface area contributed by atoms with Crippen LogP contribution in [0.5, 0.6) is 5.75 Å². The number of phenolic OH excluding ortho intramolecular Hbond substituents is 1. The summed E-state index contributed by atoms with van der Waals surface area (Å²) in [6, 6.07) is 0.983. The zero-order chi connectivity index (χ0) is 11.2. The maximum Gasteiger partial charge on any atom is 0.181 e. The van der Waals surface area contributed by atoms with Crippen molar-refractivity contribution in [1.82, 2.24) is 0 Å². The summed E-state index contributed by atoms with van der Waals surface area (Å²) < 4.78 is 26.1. The van der Waals surface area contributed by atoms with Gasteiger partial charge < -0.3 is 10.8 Å². The quantitative estimate of drug-likeness (QED) is 0.770. The van der Waals surface area contributed by atoms with Crippen LogP contribution >= 0.6 is 11.6 Å². The van der Waals surface area contributed by atoms with Crippen molar-refractivity contribution in [2.24, 2.45) is 5.73 Å². The molecule has 0 amide bonds. The summed E-state index contributed by atoms with van der Waals surface area (Å²) in [4.78, 5) is 0. The largest absolute Gasteiger partial charge is 0.506 e. The van der Waals surface area contributed by atoms with Crippen LogP contribution in [0.1, 0.15) is 18.4 Å². The lowest BCUT2D eigenvalue weighted by molar-refractivity contribution is 0.439. The number of hydrogen-bond donors (Lipinski definition) is 2. The fraction of sp³-hybridized carbons (Fsp3) is 0.400. The maximum atomic E-state index is 13.1. The van der Waals surface area contributed by atoms with Crippen molar-refractivity contribution in [2.75, 3.05) is 6.54 Å². The predicted molar refractivity (Wildman–Crippen MR) is 53.0 cm³/mol. The van der Waals surface area contributed by atoms with Gasteiger partial charge in [0.05, 0.1) is 0 Å². The number of benzene rings is 1. The average Bonchev–Trinajstić information content (AvgIpc) is 3.01. The topological polar surface area (TPSA) is 46.2 Å². The summed E-state index contributed by atoms with van der Waals surface area (Å²) in [5, 5.41) is 9.05. The van der Waals surface area contributed by atoms with Crippen LogP contribution in [0.4, 0.5) is 8.78 Å². The van der Waals surface area contributed by atoms with E-state index in [0.717, 1.165) is 18.9 Å². The van der Waals surface area contributed by atoms with Crippen LogP contribution in [0.2, 0.25) is 5.02 Å². The highest BCUT2D eigenvalue weighted by Crippen LogP contribution is 2.52. The van der Waals surface area contributed by atoms with E-state index >= 15 is 0 Å². The average molecular weight is 234 g/mol. The SMILES string of the molecule is NCC1(c2cc(F)c(F)c(Cl)c2O)CC1. The van der Waals surface area contributed by atoms with Gasteiger partial charge in [-0.1, -0.05) is 11.6 Å².